The van der Waals surface area contributed by atoms with Gasteiger partial charge in [0.2, 0.25) is 0 Å². The highest BCUT2D eigenvalue weighted by Crippen LogP contribution is 2.43. The molecule has 0 radical (unpaired) electrons. The van der Waals surface area contributed by atoms with E-state index in [1.807, 2.05) is 0 Å². The third kappa shape index (κ3) is 3.05. The molecular formula is C9H5BrF6O. The van der Waals surface area contributed by atoms with Gasteiger partial charge in [-0.15, -0.1) is 0 Å². The first-order chi connectivity index (χ1) is 7.57. The van der Waals surface area contributed by atoms with Gasteiger partial charge in [-0.3, -0.25) is 0 Å². The third-order valence-electron chi connectivity index (χ3n) is 1.90. The van der Waals surface area contributed by atoms with Crippen molar-refractivity contribution in [2.24, 2.45) is 0 Å². The van der Waals surface area contributed by atoms with Crippen molar-refractivity contribution < 1.29 is 31.1 Å². The Labute approximate surface area is 101 Å². The van der Waals surface area contributed by atoms with E-state index < -0.39 is 33.7 Å². The van der Waals surface area contributed by atoms with E-state index in [1.54, 1.807) is 0 Å². The zero-order valence-electron chi connectivity index (χ0n) is 8.21. The lowest BCUT2D eigenvalue weighted by molar-refractivity contribution is -0.142. The predicted molar refractivity (Wildman–Crippen MR) is 50.7 cm³/mol. The summed E-state index contributed by atoms with van der Waals surface area (Å²) in [4.78, 5) is 0. The van der Waals surface area contributed by atoms with Crippen LogP contribution in [-0.2, 0) is 12.4 Å². The number of ether oxygens (including phenoxy) is 1. The van der Waals surface area contributed by atoms with Crippen molar-refractivity contribution in [3.05, 3.63) is 27.7 Å². The van der Waals surface area contributed by atoms with Crippen LogP contribution in [-0.4, -0.2) is 7.11 Å². The second-order valence-corrected chi connectivity index (χ2v) is 3.88. The van der Waals surface area contributed by atoms with Crippen molar-refractivity contribution in [3.8, 4) is 5.75 Å². The summed E-state index contributed by atoms with van der Waals surface area (Å²) in [6.45, 7) is 0. The minimum absolute atomic E-state index is 0.312. The predicted octanol–water partition coefficient (Wildman–Crippen LogP) is 4.50. The van der Waals surface area contributed by atoms with Crippen LogP contribution in [0.1, 0.15) is 11.1 Å². The van der Waals surface area contributed by atoms with Crippen LogP contribution in [0.2, 0.25) is 0 Å². The second kappa shape index (κ2) is 4.40. The molecule has 0 spiro atoms. The Morgan fingerprint density at radius 2 is 1.41 bits per heavy atom. The minimum Gasteiger partial charge on any atom is -0.496 e. The maximum Gasteiger partial charge on any atom is 0.420 e. The Hall–Kier alpha value is -0.920. The molecule has 8 heteroatoms. The van der Waals surface area contributed by atoms with Crippen LogP contribution in [0.25, 0.3) is 0 Å². The molecule has 0 fully saturated rings. The molecule has 1 aromatic rings. The lowest BCUT2D eigenvalue weighted by Gasteiger charge is -2.16. The topological polar surface area (TPSA) is 9.23 Å². The smallest absolute Gasteiger partial charge is 0.420 e. The van der Waals surface area contributed by atoms with Crippen molar-refractivity contribution in [1.82, 2.24) is 0 Å². The number of rotatable bonds is 1. The monoisotopic (exact) mass is 322 g/mol. The maximum atomic E-state index is 12.5. The molecule has 0 bridgehead atoms. The van der Waals surface area contributed by atoms with Crippen molar-refractivity contribution in [1.29, 1.82) is 0 Å². The van der Waals surface area contributed by atoms with Gasteiger partial charge in [0, 0.05) is 4.47 Å². The lowest BCUT2D eigenvalue weighted by atomic mass is 10.1. The van der Waals surface area contributed by atoms with Gasteiger partial charge in [-0.1, -0.05) is 15.9 Å². The van der Waals surface area contributed by atoms with Gasteiger partial charge in [0.25, 0.3) is 0 Å². The molecule has 17 heavy (non-hydrogen) atoms. The first-order valence-electron chi connectivity index (χ1n) is 4.09. The molecule has 0 heterocycles. The Kier molecular flexibility index (Phi) is 3.66. The van der Waals surface area contributed by atoms with E-state index in [0.717, 1.165) is 7.11 Å². The van der Waals surface area contributed by atoms with Crippen LogP contribution in [0.4, 0.5) is 26.3 Å². The van der Waals surface area contributed by atoms with Crippen LogP contribution in [0.15, 0.2) is 16.6 Å². The number of benzene rings is 1. The molecular weight excluding hydrogens is 318 g/mol. The zero-order chi connectivity index (χ0) is 13.4. The third-order valence-corrected chi connectivity index (χ3v) is 2.56. The summed E-state index contributed by atoms with van der Waals surface area (Å²) < 4.78 is 78.3. The SMILES string of the molecule is COc1cc(C(F)(F)F)c(Br)cc1C(F)(F)F. The second-order valence-electron chi connectivity index (χ2n) is 3.03. The first-order valence-corrected chi connectivity index (χ1v) is 4.88. The van der Waals surface area contributed by atoms with Crippen LogP contribution >= 0.6 is 15.9 Å². The fraction of sp³-hybridized carbons (Fsp3) is 0.333. The molecule has 1 nitrogen and oxygen atoms in total. The largest absolute Gasteiger partial charge is 0.496 e. The van der Waals surface area contributed by atoms with E-state index in [1.165, 1.54) is 0 Å². The van der Waals surface area contributed by atoms with E-state index >= 15 is 0 Å². The molecule has 0 N–H and O–H groups in total. The van der Waals surface area contributed by atoms with E-state index in [2.05, 4.69) is 20.7 Å². The van der Waals surface area contributed by atoms with Crippen molar-refractivity contribution in [2.45, 2.75) is 12.4 Å². The van der Waals surface area contributed by atoms with E-state index in [4.69, 9.17) is 0 Å². The number of hydrogen-bond donors (Lipinski definition) is 0. The van der Waals surface area contributed by atoms with Crippen LogP contribution in [0, 0.1) is 0 Å². The van der Waals surface area contributed by atoms with Gasteiger partial charge in [0.05, 0.1) is 18.2 Å². The molecule has 0 saturated carbocycles. The molecule has 0 aliphatic carbocycles. The van der Waals surface area contributed by atoms with Crippen LogP contribution in [0.5, 0.6) is 5.75 Å². The Morgan fingerprint density at radius 3 is 1.76 bits per heavy atom. The highest BCUT2D eigenvalue weighted by atomic mass is 79.9. The van der Waals surface area contributed by atoms with Crippen molar-refractivity contribution >= 4 is 15.9 Å². The van der Waals surface area contributed by atoms with Gasteiger partial charge in [-0.2, -0.15) is 26.3 Å². The molecule has 0 aliphatic heterocycles. The Balaban J connectivity index is 3.46. The number of alkyl halides is 6. The van der Waals surface area contributed by atoms with Gasteiger partial charge in [-0.05, 0) is 12.1 Å². The fourth-order valence-corrected chi connectivity index (χ4v) is 1.73. The summed E-state index contributed by atoms with van der Waals surface area (Å²) in [6, 6.07) is 0.661. The first kappa shape index (κ1) is 14.1. The molecule has 0 aromatic heterocycles. The summed E-state index contributed by atoms with van der Waals surface area (Å²) in [6.07, 6.45) is -9.53. The van der Waals surface area contributed by atoms with Gasteiger partial charge in [0.15, 0.2) is 0 Å². The molecule has 0 unspecified atom stereocenters. The van der Waals surface area contributed by atoms with E-state index in [0.29, 0.717) is 12.1 Å². The average molecular weight is 323 g/mol. The van der Waals surface area contributed by atoms with Crippen molar-refractivity contribution in [3.63, 3.8) is 0 Å². The van der Waals surface area contributed by atoms with Crippen LogP contribution in [0.3, 0.4) is 0 Å². The van der Waals surface area contributed by atoms with Gasteiger partial charge in [-0.25, -0.2) is 0 Å². The van der Waals surface area contributed by atoms with E-state index in [-0.39, 0.29) is 0 Å². The lowest BCUT2D eigenvalue weighted by Crippen LogP contribution is -2.12. The summed E-state index contributed by atoms with van der Waals surface area (Å²) >= 11 is 2.46. The normalized spacial score (nSPS) is 12.7. The Morgan fingerprint density at radius 1 is 0.941 bits per heavy atom. The number of methoxy groups -OCH3 is 1. The summed E-state index contributed by atoms with van der Waals surface area (Å²) in [5.74, 6) is -0.868. The van der Waals surface area contributed by atoms with Gasteiger partial charge >= 0.3 is 12.4 Å². The number of halogens is 7. The molecule has 0 aliphatic rings. The maximum absolute atomic E-state index is 12.5. The zero-order valence-corrected chi connectivity index (χ0v) is 9.79. The molecule has 96 valence electrons. The van der Waals surface area contributed by atoms with Gasteiger partial charge < -0.3 is 4.74 Å². The summed E-state index contributed by atoms with van der Waals surface area (Å²) in [7, 11) is 0.874. The van der Waals surface area contributed by atoms with E-state index in [9.17, 15) is 26.3 Å². The fourth-order valence-electron chi connectivity index (χ4n) is 1.16. The van der Waals surface area contributed by atoms with Crippen molar-refractivity contribution in [2.75, 3.05) is 7.11 Å². The quantitative estimate of drug-likeness (QED) is 0.692. The molecule has 1 rings (SSSR count). The standard InChI is InChI=1S/C9H5BrF6O/c1-17-7-3-4(8(11,12)13)6(10)2-5(7)9(14,15)16/h2-3H,1H3. The summed E-state index contributed by atoms with van der Waals surface area (Å²) in [5, 5.41) is 0. The highest BCUT2D eigenvalue weighted by molar-refractivity contribution is 9.10. The molecule has 0 amide bonds. The molecule has 0 saturated heterocycles. The molecule has 1 aromatic carbocycles. The Bertz CT molecular complexity index is 423. The van der Waals surface area contributed by atoms with Crippen LogP contribution < -0.4 is 4.74 Å². The highest BCUT2D eigenvalue weighted by Gasteiger charge is 2.39. The number of hydrogen-bond acceptors (Lipinski definition) is 1. The van der Waals surface area contributed by atoms with Gasteiger partial charge in [0.1, 0.15) is 5.75 Å². The molecule has 0 atom stereocenters. The summed E-state index contributed by atoms with van der Waals surface area (Å²) in [5.41, 5.74) is -2.48. The average Bonchev–Trinajstić information content (AvgIpc) is 2.14. The minimum atomic E-state index is -4.78.